The van der Waals surface area contributed by atoms with Crippen LogP contribution in [0.3, 0.4) is 0 Å². The first kappa shape index (κ1) is 20.4. The number of hydrogen-bond donors (Lipinski definition) is 1. The Hall–Kier alpha value is -1.93. The Balaban J connectivity index is 2.01. The maximum atomic E-state index is 12.3. The van der Waals surface area contributed by atoms with Gasteiger partial charge in [0.2, 0.25) is 0 Å². The van der Waals surface area contributed by atoms with Crippen LogP contribution in [-0.2, 0) is 4.74 Å². The molecule has 0 fully saturated rings. The van der Waals surface area contributed by atoms with E-state index in [9.17, 15) is 18.0 Å². The van der Waals surface area contributed by atoms with Crippen molar-refractivity contribution >= 4 is 21.8 Å². The molecule has 0 radical (unpaired) electrons. The lowest BCUT2D eigenvalue weighted by atomic mass is 10.1. The van der Waals surface area contributed by atoms with Gasteiger partial charge in [0, 0.05) is 16.1 Å². The van der Waals surface area contributed by atoms with Crippen molar-refractivity contribution in [2.75, 3.05) is 13.2 Å². The molecule has 0 saturated heterocycles. The third kappa shape index (κ3) is 6.10. The van der Waals surface area contributed by atoms with Crippen molar-refractivity contribution in [2.24, 2.45) is 0 Å². The number of nitrogens with zero attached hydrogens (tertiary/aromatic N) is 1. The lowest BCUT2D eigenvalue weighted by molar-refractivity contribution is -0.174. The number of carbonyl (C=O) groups excluding carboxylic acids is 1. The third-order valence-electron chi connectivity index (χ3n) is 3.46. The van der Waals surface area contributed by atoms with Crippen LogP contribution in [0.4, 0.5) is 13.2 Å². The van der Waals surface area contributed by atoms with Crippen molar-refractivity contribution in [1.29, 1.82) is 0 Å². The highest BCUT2D eigenvalue weighted by molar-refractivity contribution is 9.10. The van der Waals surface area contributed by atoms with Gasteiger partial charge in [-0.2, -0.15) is 13.2 Å². The van der Waals surface area contributed by atoms with Crippen LogP contribution in [0.2, 0.25) is 0 Å². The summed E-state index contributed by atoms with van der Waals surface area (Å²) in [4.78, 5) is 16.7. The van der Waals surface area contributed by atoms with Gasteiger partial charge in [-0.05, 0) is 38.1 Å². The smallest absolute Gasteiger partial charge is 0.370 e. The van der Waals surface area contributed by atoms with Crippen molar-refractivity contribution in [1.82, 2.24) is 10.3 Å². The van der Waals surface area contributed by atoms with Gasteiger partial charge < -0.3 is 10.1 Å². The molecule has 26 heavy (non-hydrogen) atoms. The number of amides is 1. The average molecular weight is 431 g/mol. The number of ether oxygens (including phenoxy) is 1. The summed E-state index contributed by atoms with van der Waals surface area (Å²) in [7, 11) is 0. The van der Waals surface area contributed by atoms with Gasteiger partial charge >= 0.3 is 6.18 Å². The highest BCUT2D eigenvalue weighted by Gasteiger charge is 2.27. The first-order chi connectivity index (χ1) is 12.2. The highest BCUT2D eigenvalue weighted by atomic mass is 79.9. The van der Waals surface area contributed by atoms with E-state index in [-0.39, 0.29) is 6.61 Å². The number of rotatable bonds is 6. The number of carbonyl (C=O) groups is 1. The van der Waals surface area contributed by atoms with Crippen LogP contribution in [0.5, 0.6) is 0 Å². The molecule has 0 aliphatic heterocycles. The molecule has 0 bridgehead atoms. The van der Waals surface area contributed by atoms with E-state index in [0.717, 1.165) is 15.7 Å². The minimum absolute atomic E-state index is 0.228. The zero-order valence-electron chi connectivity index (χ0n) is 14.2. The Bertz CT molecular complexity index is 781. The van der Waals surface area contributed by atoms with E-state index in [2.05, 4.69) is 31.0 Å². The Kier molecular flexibility index (Phi) is 6.77. The number of benzene rings is 1. The minimum atomic E-state index is -4.38. The topological polar surface area (TPSA) is 51.2 Å². The van der Waals surface area contributed by atoms with Crippen molar-refractivity contribution in [3.05, 3.63) is 52.1 Å². The summed E-state index contributed by atoms with van der Waals surface area (Å²) in [6.07, 6.45) is -4.38. The van der Waals surface area contributed by atoms with Crippen LogP contribution in [0.25, 0.3) is 11.3 Å². The second kappa shape index (κ2) is 8.64. The third-order valence-corrected chi connectivity index (χ3v) is 3.96. The second-order valence-corrected chi connectivity index (χ2v) is 6.76. The van der Waals surface area contributed by atoms with Crippen LogP contribution in [0.1, 0.15) is 23.0 Å². The van der Waals surface area contributed by atoms with Gasteiger partial charge in [0.25, 0.3) is 5.91 Å². The normalized spacial score (nSPS) is 12.7. The molecule has 1 N–H and O–H groups in total. The summed E-state index contributed by atoms with van der Waals surface area (Å²) < 4.78 is 41.7. The largest absolute Gasteiger partial charge is 0.411 e. The number of alkyl halides is 3. The number of pyridine rings is 1. The van der Waals surface area contributed by atoms with Crippen molar-refractivity contribution in [2.45, 2.75) is 26.1 Å². The Morgan fingerprint density at radius 3 is 2.65 bits per heavy atom. The maximum Gasteiger partial charge on any atom is 0.411 e. The molecular formula is C18H18BrF3N2O2. The zero-order valence-corrected chi connectivity index (χ0v) is 15.8. The van der Waals surface area contributed by atoms with E-state index < -0.39 is 24.7 Å². The summed E-state index contributed by atoms with van der Waals surface area (Å²) in [6, 6.07) is 10.4. The van der Waals surface area contributed by atoms with Crippen LogP contribution in [0, 0.1) is 6.92 Å². The Morgan fingerprint density at radius 2 is 2.04 bits per heavy atom. The summed E-state index contributed by atoms with van der Waals surface area (Å²) in [5.74, 6) is -0.404. The first-order valence-electron chi connectivity index (χ1n) is 7.84. The molecular weight excluding hydrogens is 413 g/mol. The van der Waals surface area contributed by atoms with E-state index in [1.807, 2.05) is 24.3 Å². The quantitative estimate of drug-likeness (QED) is 0.732. The Labute approximate surface area is 157 Å². The van der Waals surface area contributed by atoms with Gasteiger partial charge in [-0.25, -0.2) is 0 Å². The average Bonchev–Trinajstić information content (AvgIpc) is 2.53. The molecule has 2 rings (SSSR count). The molecule has 0 spiro atoms. The zero-order chi connectivity index (χ0) is 19.3. The van der Waals surface area contributed by atoms with Crippen molar-refractivity contribution in [3.8, 4) is 11.3 Å². The molecule has 1 aromatic carbocycles. The van der Waals surface area contributed by atoms with Gasteiger partial charge in [0.15, 0.2) is 0 Å². The van der Waals surface area contributed by atoms with Crippen LogP contribution in [-0.4, -0.2) is 36.3 Å². The predicted octanol–water partition coefficient (Wildman–Crippen LogP) is 4.52. The summed E-state index contributed by atoms with van der Waals surface area (Å²) in [5.41, 5.74) is 2.53. The van der Waals surface area contributed by atoms with Crippen LogP contribution < -0.4 is 5.32 Å². The summed E-state index contributed by atoms with van der Waals surface area (Å²) in [6.45, 7) is 1.72. The number of nitrogens with one attached hydrogen (secondary N) is 1. The lowest BCUT2D eigenvalue weighted by Gasteiger charge is -2.16. The number of halogens is 4. The summed E-state index contributed by atoms with van der Waals surface area (Å²) >= 11 is 3.40. The van der Waals surface area contributed by atoms with Gasteiger partial charge in [-0.15, -0.1) is 0 Å². The molecule has 0 aliphatic carbocycles. The summed E-state index contributed by atoms with van der Waals surface area (Å²) in [5, 5.41) is 2.61. The molecule has 1 heterocycles. The SMILES string of the molecule is Cc1nc(-c2cccc(Br)c2)ccc1C(=O)NC(C)COCC(F)(F)F. The molecule has 140 valence electrons. The standard InChI is InChI=1S/C18H18BrF3N2O2/c1-11(9-26-10-18(20,21)22)23-17(25)15-6-7-16(24-12(15)2)13-4-3-5-14(19)8-13/h3-8,11H,9-10H2,1-2H3,(H,23,25). The second-order valence-electron chi connectivity index (χ2n) is 5.84. The number of aromatic nitrogens is 1. The van der Waals surface area contributed by atoms with Crippen LogP contribution >= 0.6 is 15.9 Å². The molecule has 2 aromatic rings. The fourth-order valence-electron chi connectivity index (χ4n) is 2.30. The van der Waals surface area contributed by atoms with Gasteiger partial charge in [-0.1, -0.05) is 28.1 Å². The lowest BCUT2D eigenvalue weighted by Crippen LogP contribution is -2.37. The number of aryl methyl sites for hydroxylation is 1. The van der Waals surface area contributed by atoms with Crippen LogP contribution in [0.15, 0.2) is 40.9 Å². The van der Waals surface area contributed by atoms with Gasteiger partial charge in [-0.3, -0.25) is 9.78 Å². The Morgan fingerprint density at radius 1 is 1.31 bits per heavy atom. The molecule has 1 atom stereocenters. The van der Waals surface area contributed by atoms with E-state index in [4.69, 9.17) is 0 Å². The minimum Gasteiger partial charge on any atom is -0.370 e. The molecule has 0 aliphatic rings. The molecule has 1 unspecified atom stereocenters. The van der Waals surface area contributed by atoms with E-state index in [0.29, 0.717) is 11.3 Å². The van der Waals surface area contributed by atoms with Crippen molar-refractivity contribution in [3.63, 3.8) is 0 Å². The molecule has 1 aromatic heterocycles. The highest BCUT2D eigenvalue weighted by Crippen LogP contribution is 2.22. The predicted molar refractivity (Wildman–Crippen MR) is 95.9 cm³/mol. The van der Waals surface area contributed by atoms with E-state index >= 15 is 0 Å². The molecule has 8 heteroatoms. The molecule has 4 nitrogen and oxygen atoms in total. The monoisotopic (exact) mass is 430 g/mol. The molecule has 1 amide bonds. The van der Waals surface area contributed by atoms with Gasteiger partial charge in [0.05, 0.1) is 23.6 Å². The van der Waals surface area contributed by atoms with Gasteiger partial charge in [0.1, 0.15) is 6.61 Å². The van der Waals surface area contributed by atoms with Crippen molar-refractivity contribution < 1.29 is 22.7 Å². The fraction of sp³-hybridized carbons (Fsp3) is 0.333. The first-order valence-corrected chi connectivity index (χ1v) is 8.64. The number of hydrogen-bond acceptors (Lipinski definition) is 3. The van der Waals surface area contributed by atoms with E-state index in [1.165, 1.54) is 0 Å². The van der Waals surface area contributed by atoms with E-state index in [1.54, 1.807) is 26.0 Å². The fourth-order valence-corrected chi connectivity index (χ4v) is 2.70. The molecule has 0 saturated carbocycles. The maximum absolute atomic E-state index is 12.3.